The van der Waals surface area contributed by atoms with E-state index < -0.39 is 18.2 Å². The third-order valence-corrected chi connectivity index (χ3v) is 5.65. The first-order valence-corrected chi connectivity index (χ1v) is 11.9. The van der Waals surface area contributed by atoms with Gasteiger partial charge in [0.05, 0.1) is 12.1 Å². The van der Waals surface area contributed by atoms with Gasteiger partial charge >= 0.3 is 6.09 Å². The number of amides is 1. The first-order valence-electron chi connectivity index (χ1n) is 11.9. The Morgan fingerprint density at radius 1 is 0.824 bits per heavy atom. The second-order valence-corrected chi connectivity index (χ2v) is 9.15. The Bertz CT molecular complexity index is 923. The monoisotopic (exact) mass is 460 g/mol. The van der Waals surface area contributed by atoms with E-state index in [1.807, 2.05) is 66.7 Å². The minimum Gasteiger partial charge on any atom is -0.445 e. The first kappa shape index (κ1) is 25.5. The van der Waals surface area contributed by atoms with Gasteiger partial charge in [-0.15, -0.1) is 0 Å². The Hall–Kier alpha value is -3.15. The number of aliphatic hydroxyl groups is 1. The van der Waals surface area contributed by atoms with Crippen molar-refractivity contribution < 1.29 is 14.6 Å². The van der Waals surface area contributed by atoms with Gasteiger partial charge in [-0.2, -0.15) is 0 Å². The summed E-state index contributed by atoms with van der Waals surface area (Å²) >= 11 is 0. The number of carbonyl (C=O) groups is 1. The van der Waals surface area contributed by atoms with Crippen LogP contribution in [-0.4, -0.2) is 34.8 Å². The van der Waals surface area contributed by atoms with Gasteiger partial charge in [-0.3, -0.25) is 4.90 Å². The molecule has 0 fully saturated rings. The van der Waals surface area contributed by atoms with Crippen LogP contribution in [0.3, 0.4) is 0 Å². The Kier molecular flexibility index (Phi) is 10.1. The minimum atomic E-state index is -0.737. The van der Waals surface area contributed by atoms with Crippen molar-refractivity contribution in [2.24, 2.45) is 5.92 Å². The van der Waals surface area contributed by atoms with Gasteiger partial charge in [-0.25, -0.2) is 4.79 Å². The van der Waals surface area contributed by atoms with Gasteiger partial charge in [0, 0.05) is 19.6 Å². The number of benzene rings is 3. The lowest BCUT2D eigenvalue weighted by Crippen LogP contribution is -2.48. The van der Waals surface area contributed by atoms with Gasteiger partial charge in [0.25, 0.3) is 0 Å². The van der Waals surface area contributed by atoms with E-state index in [4.69, 9.17) is 4.74 Å². The average molecular weight is 461 g/mol. The molecule has 0 saturated carbocycles. The third-order valence-electron chi connectivity index (χ3n) is 5.65. The van der Waals surface area contributed by atoms with Crippen LogP contribution >= 0.6 is 0 Å². The summed E-state index contributed by atoms with van der Waals surface area (Å²) < 4.78 is 5.41. The van der Waals surface area contributed by atoms with Gasteiger partial charge in [-0.05, 0) is 29.0 Å². The van der Waals surface area contributed by atoms with Crippen molar-refractivity contribution in [3.63, 3.8) is 0 Å². The zero-order valence-electron chi connectivity index (χ0n) is 20.1. The fourth-order valence-electron chi connectivity index (χ4n) is 4.00. The number of nitrogens with zero attached hydrogens (tertiary/aromatic N) is 1. The van der Waals surface area contributed by atoms with Gasteiger partial charge in [-0.1, -0.05) is 105 Å². The molecule has 0 aliphatic heterocycles. The molecule has 3 rings (SSSR count). The molecule has 3 aromatic rings. The molecule has 2 N–H and O–H groups in total. The Balaban J connectivity index is 1.65. The largest absolute Gasteiger partial charge is 0.445 e. The summed E-state index contributed by atoms with van der Waals surface area (Å²) in [6.45, 7) is 6.22. The molecule has 0 aromatic heterocycles. The van der Waals surface area contributed by atoms with Crippen molar-refractivity contribution in [1.29, 1.82) is 0 Å². The summed E-state index contributed by atoms with van der Waals surface area (Å²) in [5, 5.41) is 14.1. The van der Waals surface area contributed by atoms with E-state index in [1.165, 1.54) is 11.1 Å². The highest BCUT2D eigenvalue weighted by atomic mass is 16.5. The van der Waals surface area contributed by atoms with Crippen LogP contribution in [0.4, 0.5) is 4.79 Å². The topological polar surface area (TPSA) is 61.8 Å². The molecule has 0 aliphatic carbocycles. The quantitative estimate of drug-likeness (QED) is 0.380. The van der Waals surface area contributed by atoms with Crippen molar-refractivity contribution >= 4 is 6.09 Å². The van der Waals surface area contributed by atoms with E-state index in [-0.39, 0.29) is 6.61 Å². The molecule has 0 radical (unpaired) electrons. The molecule has 0 spiro atoms. The van der Waals surface area contributed by atoms with E-state index in [9.17, 15) is 9.90 Å². The molecule has 5 heteroatoms. The fraction of sp³-hybridized carbons (Fsp3) is 0.345. The van der Waals surface area contributed by atoms with Crippen molar-refractivity contribution in [3.8, 4) is 0 Å². The fourth-order valence-corrected chi connectivity index (χ4v) is 4.00. The van der Waals surface area contributed by atoms with Crippen molar-refractivity contribution in [1.82, 2.24) is 10.2 Å². The van der Waals surface area contributed by atoms with Crippen LogP contribution in [0.15, 0.2) is 91.0 Å². The second-order valence-electron chi connectivity index (χ2n) is 9.15. The molecule has 34 heavy (non-hydrogen) atoms. The average Bonchev–Trinajstić information content (AvgIpc) is 2.84. The highest BCUT2D eigenvalue weighted by molar-refractivity contribution is 5.67. The summed E-state index contributed by atoms with van der Waals surface area (Å²) in [6, 6.07) is 29.7. The third kappa shape index (κ3) is 9.00. The van der Waals surface area contributed by atoms with Crippen LogP contribution in [0.2, 0.25) is 0 Å². The molecular weight excluding hydrogens is 424 g/mol. The van der Waals surface area contributed by atoms with Gasteiger partial charge < -0.3 is 15.2 Å². The van der Waals surface area contributed by atoms with Gasteiger partial charge in [0.2, 0.25) is 0 Å². The lowest BCUT2D eigenvalue weighted by molar-refractivity contribution is 0.0597. The van der Waals surface area contributed by atoms with Crippen molar-refractivity contribution in [2.75, 3.05) is 6.54 Å². The maximum atomic E-state index is 12.5. The Morgan fingerprint density at radius 3 is 1.76 bits per heavy atom. The van der Waals surface area contributed by atoms with E-state index in [0.29, 0.717) is 32.0 Å². The maximum absolute atomic E-state index is 12.5. The number of nitrogens with one attached hydrogen (secondary N) is 1. The number of hydrogen-bond acceptors (Lipinski definition) is 4. The smallest absolute Gasteiger partial charge is 0.407 e. The van der Waals surface area contributed by atoms with Crippen LogP contribution in [0.5, 0.6) is 0 Å². The summed E-state index contributed by atoms with van der Waals surface area (Å²) in [7, 11) is 0. The van der Waals surface area contributed by atoms with Crippen LogP contribution in [-0.2, 0) is 24.4 Å². The van der Waals surface area contributed by atoms with E-state index in [0.717, 1.165) is 5.56 Å². The first-order chi connectivity index (χ1) is 16.5. The number of carbonyl (C=O) groups excluding carboxylic acids is 1. The zero-order valence-corrected chi connectivity index (χ0v) is 20.1. The number of hydrogen-bond donors (Lipinski definition) is 2. The molecule has 0 unspecified atom stereocenters. The Morgan fingerprint density at radius 2 is 1.29 bits per heavy atom. The lowest BCUT2D eigenvalue weighted by atomic mass is 9.98. The normalized spacial score (nSPS) is 13.0. The summed E-state index contributed by atoms with van der Waals surface area (Å²) in [4.78, 5) is 14.7. The Labute approximate surface area is 203 Å². The van der Waals surface area contributed by atoms with Crippen LogP contribution in [0.1, 0.15) is 37.0 Å². The molecule has 0 aliphatic rings. The van der Waals surface area contributed by atoms with Crippen molar-refractivity contribution in [3.05, 3.63) is 108 Å². The number of rotatable bonds is 12. The molecule has 0 heterocycles. The minimum absolute atomic E-state index is 0.200. The molecule has 0 bridgehead atoms. The molecule has 3 aromatic carbocycles. The number of aliphatic hydroxyl groups excluding tert-OH is 1. The highest BCUT2D eigenvalue weighted by Gasteiger charge is 2.25. The molecule has 1 amide bonds. The highest BCUT2D eigenvalue weighted by Crippen LogP contribution is 2.15. The van der Waals surface area contributed by atoms with E-state index in [2.05, 4.69) is 48.3 Å². The summed E-state index contributed by atoms with van der Waals surface area (Å²) in [5.74, 6) is 0.311. The number of ether oxygens (including phenoxy) is 1. The standard InChI is InChI=1S/C29H36N2O3/c1-23(2)18-27(30-29(33)34-22-26-16-10-5-11-17-26)28(32)21-31(19-24-12-6-3-7-13-24)20-25-14-8-4-9-15-25/h3-17,23,27-28,32H,18-22H2,1-2H3,(H,30,33)/t27-,28-/m0/s1. The van der Waals surface area contributed by atoms with E-state index >= 15 is 0 Å². The molecule has 180 valence electrons. The van der Waals surface area contributed by atoms with Gasteiger partial charge in [0.15, 0.2) is 0 Å². The van der Waals surface area contributed by atoms with Crippen LogP contribution < -0.4 is 5.32 Å². The molecule has 2 atom stereocenters. The molecule has 5 nitrogen and oxygen atoms in total. The number of alkyl carbamates (subject to hydrolysis) is 1. The zero-order chi connectivity index (χ0) is 24.2. The SMILES string of the molecule is CC(C)C[C@H](NC(=O)OCc1ccccc1)[C@@H](O)CN(Cc1ccccc1)Cc1ccccc1. The van der Waals surface area contributed by atoms with E-state index in [1.54, 1.807) is 0 Å². The predicted octanol–water partition coefficient (Wildman–Crippen LogP) is 5.39. The van der Waals surface area contributed by atoms with Gasteiger partial charge in [0.1, 0.15) is 6.61 Å². The summed E-state index contributed by atoms with van der Waals surface area (Å²) in [5.41, 5.74) is 3.29. The molecule has 0 saturated heterocycles. The van der Waals surface area contributed by atoms with Crippen LogP contribution in [0, 0.1) is 5.92 Å². The maximum Gasteiger partial charge on any atom is 0.407 e. The second kappa shape index (κ2) is 13.5. The van der Waals surface area contributed by atoms with Crippen molar-refractivity contribution in [2.45, 2.75) is 52.1 Å². The predicted molar refractivity (Wildman–Crippen MR) is 136 cm³/mol. The lowest BCUT2D eigenvalue weighted by Gasteiger charge is -2.31. The van der Waals surface area contributed by atoms with Crippen LogP contribution in [0.25, 0.3) is 0 Å². The summed E-state index contributed by atoms with van der Waals surface area (Å²) in [6.07, 6.45) is -0.586. The molecular formula is C29H36N2O3.